The van der Waals surface area contributed by atoms with Gasteiger partial charge in [0.1, 0.15) is 5.75 Å². The molecule has 17 heavy (non-hydrogen) atoms. The lowest BCUT2D eigenvalue weighted by Gasteiger charge is -2.11. The Labute approximate surface area is 102 Å². The topological polar surface area (TPSA) is 38.3 Å². The van der Waals surface area contributed by atoms with Crippen LogP contribution in [0.3, 0.4) is 0 Å². The number of hydrogen-bond donors (Lipinski definition) is 1. The van der Waals surface area contributed by atoms with Gasteiger partial charge in [-0.25, -0.2) is 0 Å². The molecule has 3 heteroatoms. The molecule has 0 aliphatic rings. The standard InChI is InChI=1S/C14H19NO2/c1-5-6-15-14(16)9-17-13-8-11(3)10(2)7-12(13)4/h5,7-8H,1,6,9H2,2-4H3,(H,15,16). The van der Waals surface area contributed by atoms with E-state index in [4.69, 9.17) is 4.74 Å². The highest BCUT2D eigenvalue weighted by atomic mass is 16.5. The van der Waals surface area contributed by atoms with Gasteiger partial charge in [-0.2, -0.15) is 0 Å². The molecule has 0 fully saturated rings. The van der Waals surface area contributed by atoms with Gasteiger partial charge in [0, 0.05) is 6.54 Å². The minimum absolute atomic E-state index is 0.0389. The smallest absolute Gasteiger partial charge is 0.258 e. The van der Waals surface area contributed by atoms with Gasteiger partial charge < -0.3 is 10.1 Å². The molecule has 0 saturated carbocycles. The first-order chi connectivity index (χ1) is 8.04. The molecule has 0 aliphatic heterocycles. The van der Waals surface area contributed by atoms with E-state index in [1.807, 2.05) is 19.9 Å². The Morgan fingerprint density at radius 3 is 2.59 bits per heavy atom. The zero-order valence-electron chi connectivity index (χ0n) is 10.7. The van der Waals surface area contributed by atoms with Crippen molar-refractivity contribution in [3.8, 4) is 5.75 Å². The van der Waals surface area contributed by atoms with E-state index in [1.165, 1.54) is 5.56 Å². The fraction of sp³-hybridized carbons (Fsp3) is 0.357. The van der Waals surface area contributed by atoms with E-state index < -0.39 is 0 Å². The van der Waals surface area contributed by atoms with Crippen LogP contribution >= 0.6 is 0 Å². The molecular weight excluding hydrogens is 214 g/mol. The number of amides is 1. The highest BCUT2D eigenvalue weighted by Crippen LogP contribution is 2.22. The first-order valence-electron chi connectivity index (χ1n) is 5.63. The van der Waals surface area contributed by atoms with Crippen molar-refractivity contribution in [2.24, 2.45) is 0 Å². The average Bonchev–Trinajstić information content (AvgIpc) is 2.29. The van der Waals surface area contributed by atoms with E-state index in [9.17, 15) is 4.79 Å². The maximum absolute atomic E-state index is 11.4. The number of nitrogens with one attached hydrogen (secondary N) is 1. The molecule has 0 heterocycles. The minimum atomic E-state index is -0.137. The largest absolute Gasteiger partial charge is 0.483 e. The van der Waals surface area contributed by atoms with Crippen LogP contribution in [0.4, 0.5) is 0 Å². The predicted molar refractivity (Wildman–Crippen MR) is 69.4 cm³/mol. The molecule has 0 radical (unpaired) electrons. The molecule has 0 spiro atoms. The monoisotopic (exact) mass is 233 g/mol. The van der Waals surface area contributed by atoms with Crippen molar-refractivity contribution < 1.29 is 9.53 Å². The third kappa shape index (κ3) is 3.94. The molecule has 0 aromatic heterocycles. The van der Waals surface area contributed by atoms with E-state index >= 15 is 0 Å². The van der Waals surface area contributed by atoms with Gasteiger partial charge in [0.2, 0.25) is 0 Å². The second-order valence-corrected chi connectivity index (χ2v) is 4.08. The molecule has 0 saturated heterocycles. The molecular formula is C14H19NO2. The lowest BCUT2D eigenvalue weighted by atomic mass is 10.1. The quantitative estimate of drug-likeness (QED) is 0.792. The van der Waals surface area contributed by atoms with E-state index in [2.05, 4.69) is 24.9 Å². The normalized spacial score (nSPS) is 9.82. The Bertz CT molecular complexity index is 424. The summed E-state index contributed by atoms with van der Waals surface area (Å²) in [5.74, 6) is 0.629. The van der Waals surface area contributed by atoms with Crippen LogP contribution in [-0.4, -0.2) is 19.1 Å². The van der Waals surface area contributed by atoms with Gasteiger partial charge >= 0.3 is 0 Å². The first kappa shape index (κ1) is 13.3. The number of carbonyl (C=O) groups is 1. The van der Waals surface area contributed by atoms with Crippen molar-refractivity contribution in [3.63, 3.8) is 0 Å². The van der Waals surface area contributed by atoms with Gasteiger partial charge in [0.05, 0.1) is 0 Å². The van der Waals surface area contributed by atoms with E-state index in [-0.39, 0.29) is 12.5 Å². The SMILES string of the molecule is C=CCNC(=O)COc1cc(C)c(C)cc1C. The van der Waals surface area contributed by atoms with Gasteiger partial charge in [-0.1, -0.05) is 12.1 Å². The maximum Gasteiger partial charge on any atom is 0.258 e. The number of ether oxygens (including phenoxy) is 1. The van der Waals surface area contributed by atoms with Crippen LogP contribution in [0, 0.1) is 20.8 Å². The summed E-state index contributed by atoms with van der Waals surface area (Å²) in [6, 6.07) is 4.03. The maximum atomic E-state index is 11.4. The van der Waals surface area contributed by atoms with Crippen molar-refractivity contribution in [2.45, 2.75) is 20.8 Å². The summed E-state index contributed by atoms with van der Waals surface area (Å²) in [5, 5.41) is 2.67. The van der Waals surface area contributed by atoms with Gasteiger partial charge in [0.25, 0.3) is 5.91 Å². The van der Waals surface area contributed by atoms with E-state index in [0.717, 1.165) is 16.9 Å². The molecule has 1 aromatic carbocycles. The number of aryl methyl sites for hydroxylation is 3. The van der Waals surface area contributed by atoms with E-state index in [0.29, 0.717) is 6.54 Å². The Hall–Kier alpha value is -1.77. The summed E-state index contributed by atoms with van der Waals surface area (Å²) in [6.07, 6.45) is 1.64. The van der Waals surface area contributed by atoms with Crippen LogP contribution < -0.4 is 10.1 Å². The van der Waals surface area contributed by atoms with Crippen LogP contribution in [-0.2, 0) is 4.79 Å². The summed E-state index contributed by atoms with van der Waals surface area (Å²) in [6.45, 7) is 10.1. The minimum Gasteiger partial charge on any atom is -0.483 e. The number of benzene rings is 1. The van der Waals surface area contributed by atoms with Crippen LogP contribution in [0.2, 0.25) is 0 Å². The summed E-state index contributed by atoms with van der Waals surface area (Å²) >= 11 is 0. The lowest BCUT2D eigenvalue weighted by Crippen LogP contribution is -2.28. The molecule has 0 atom stereocenters. The van der Waals surface area contributed by atoms with Gasteiger partial charge in [-0.15, -0.1) is 6.58 Å². The summed E-state index contributed by atoms with van der Waals surface area (Å²) in [5.41, 5.74) is 3.44. The van der Waals surface area contributed by atoms with Crippen molar-refractivity contribution in [3.05, 3.63) is 41.5 Å². The van der Waals surface area contributed by atoms with Crippen molar-refractivity contribution in [1.82, 2.24) is 5.32 Å². The van der Waals surface area contributed by atoms with Crippen LogP contribution in [0.1, 0.15) is 16.7 Å². The Balaban J connectivity index is 2.60. The molecule has 1 aromatic rings. The third-order valence-corrected chi connectivity index (χ3v) is 2.59. The third-order valence-electron chi connectivity index (χ3n) is 2.59. The molecule has 92 valence electrons. The summed E-state index contributed by atoms with van der Waals surface area (Å²) < 4.78 is 5.49. The van der Waals surface area contributed by atoms with Gasteiger partial charge in [-0.3, -0.25) is 4.79 Å². The van der Waals surface area contributed by atoms with Crippen LogP contribution in [0.5, 0.6) is 5.75 Å². The molecule has 1 N–H and O–H groups in total. The fourth-order valence-corrected chi connectivity index (χ4v) is 1.47. The first-order valence-corrected chi connectivity index (χ1v) is 5.63. The molecule has 3 nitrogen and oxygen atoms in total. The van der Waals surface area contributed by atoms with Crippen LogP contribution in [0.25, 0.3) is 0 Å². The Kier molecular flexibility index (Phi) is 4.76. The van der Waals surface area contributed by atoms with Gasteiger partial charge in [-0.05, 0) is 43.5 Å². The molecule has 1 amide bonds. The van der Waals surface area contributed by atoms with Crippen molar-refractivity contribution in [1.29, 1.82) is 0 Å². The molecule has 0 aliphatic carbocycles. The van der Waals surface area contributed by atoms with Crippen LogP contribution in [0.15, 0.2) is 24.8 Å². The summed E-state index contributed by atoms with van der Waals surface area (Å²) in [4.78, 5) is 11.4. The molecule has 1 rings (SSSR count). The predicted octanol–water partition coefficient (Wildman–Crippen LogP) is 2.29. The molecule has 0 unspecified atom stereocenters. The molecule has 0 bridgehead atoms. The number of hydrogen-bond acceptors (Lipinski definition) is 2. The van der Waals surface area contributed by atoms with Crippen molar-refractivity contribution >= 4 is 5.91 Å². The van der Waals surface area contributed by atoms with Gasteiger partial charge in [0.15, 0.2) is 6.61 Å². The Morgan fingerprint density at radius 1 is 1.29 bits per heavy atom. The second-order valence-electron chi connectivity index (χ2n) is 4.08. The number of rotatable bonds is 5. The zero-order valence-corrected chi connectivity index (χ0v) is 10.7. The fourth-order valence-electron chi connectivity index (χ4n) is 1.47. The average molecular weight is 233 g/mol. The zero-order chi connectivity index (χ0) is 12.8. The van der Waals surface area contributed by atoms with Crippen molar-refractivity contribution in [2.75, 3.05) is 13.2 Å². The highest BCUT2D eigenvalue weighted by molar-refractivity contribution is 5.77. The number of carbonyl (C=O) groups excluding carboxylic acids is 1. The highest BCUT2D eigenvalue weighted by Gasteiger charge is 2.05. The second kappa shape index (κ2) is 6.09. The van der Waals surface area contributed by atoms with E-state index in [1.54, 1.807) is 6.08 Å². The summed E-state index contributed by atoms with van der Waals surface area (Å²) in [7, 11) is 0. The lowest BCUT2D eigenvalue weighted by molar-refractivity contribution is -0.122. The Morgan fingerprint density at radius 2 is 1.94 bits per heavy atom.